The van der Waals surface area contributed by atoms with Crippen molar-refractivity contribution in [3.05, 3.63) is 59.7 Å². The summed E-state index contributed by atoms with van der Waals surface area (Å²) in [5.74, 6) is 1.86. The lowest BCUT2D eigenvalue weighted by Gasteiger charge is -2.26. The molecule has 4 heteroatoms. The van der Waals surface area contributed by atoms with Crippen LogP contribution in [0.3, 0.4) is 0 Å². The monoisotopic (exact) mass is 325 g/mol. The Labute approximate surface area is 142 Å². The number of fused-ring (bicyclic) bond motifs is 1. The van der Waals surface area contributed by atoms with Gasteiger partial charge in [0.25, 0.3) is 5.91 Å². The lowest BCUT2D eigenvalue weighted by atomic mass is 10.0. The van der Waals surface area contributed by atoms with Crippen molar-refractivity contribution in [3.8, 4) is 11.5 Å². The highest BCUT2D eigenvalue weighted by atomic mass is 16.5. The average Bonchev–Trinajstić information content (AvgIpc) is 2.60. The molecule has 0 saturated carbocycles. The number of rotatable bonds is 5. The zero-order valence-corrected chi connectivity index (χ0v) is 14.1. The second-order valence-corrected chi connectivity index (χ2v) is 6.28. The normalized spacial score (nSPS) is 16.2. The van der Waals surface area contributed by atoms with E-state index < -0.39 is 0 Å². The summed E-state index contributed by atoms with van der Waals surface area (Å²) in [6, 6.07) is 15.7. The van der Waals surface area contributed by atoms with Crippen LogP contribution in [0.25, 0.3) is 0 Å². The van der Waals surface area contributed by atoms with Crippen molar-refractivity contribution in [2.24, 2.45) is 0 Å². The van der Waals surface area contributed by atoms with Gasteiger partial charge in [-0.3, -0.25) is 4.79 Å². The maximum Gasteiger partial charge on any atom is 0.258 e. The van der Waals surface area contributed by atoms with Crippen LogP contribution >= 0.6 is 0 Å². The number of ether oxygens (including phenoxy) is 2. The minimum absolute atomic E-state index is 0.0171. The van der Waals surface area contributed by atoms with Crippen molar-refractivity contribution in [1.29, 1.82) is 0 Å². The van der Waals surface area contributed by atoms with Gasteiger partial charge >= 0.3 is 0 Å². The van der Waals surface area contributed by atoms with E-state index in [2.05, 4.69) is 19.2 Å². The third-order valence-corrected chi connectivity index (χ3v) is 4.19. The highest BCUT2D eigenvalue weighted by Gasteiger charge is 2.22. The van der Waals surface area contributed by atoms with E-state index in [0.29, 0.717) is 12.5 Å². The summed E-state index contributed by atoms with van der Waals surface area (Å²) in [6.45, 7) is 4.85. The third kappa shape index (κ3) is 3.70. The first-order chi connectivity index (χ1) is 11.6. The van der Waals surface area contributed by atoms with Gasteiger partial charge in [0.2, 0.25) is 0 Å². The van der Waals surface area contributed by atoms with Gasteiger partial charge < -0.3 is 14.8 Å². The molecule has 0 unspecified atom stereocenters. The third-order valence-electron chi connectivity index (χ3n) is 4.19. The molecule has 0 spiro atoms. The molecule has 0 fully saturated rings. The van der Waals surface area contributed by atoms with E-state index in [0.717, 1.165) is 29.0 Å². The first kappa shape index (κ1) is 16.4. The molecule has 126 valence electrons. The van der Waals surface area contributed by atoms with E-state index in [1.165, 1.54) is 0 Å². The van der Waals surface area contributed by atoms with Crippen molar-refractivity contribution in [2.45, 2.75) is 32.2 Å². The summed E-state index contributed by atoms with van der Waals surface area (Å²) in [5.41, 5.74) is 2.14. The molecule has 1 atom stereocenters. The Bertz CT molecular complexity index is 712. The number of carbonyl (C=O) groups excluding carboxylic acids is 1. The summed E-state index contributed by atoms with van der Waals surface area (Å²) in [5, 5.41) is 3.05. The first-order valence-electron chi connectivity index (χ1n) is 8.38. The van der Waals surface area contributed by atoms with Gasteiger partial charge in [-0.25, -0.2) is 0 Å². The molecular formula is C20H23NO3. The Morgan fingerprint density at radius 3 is 2.79 bits per heavy atom. The number of carbonyl (C=O) groups is 1. The molecule has 0 radical (unpaired) electrons. The lowest BCUT2D eigenvalue weighted by Crippen LogP contribution is -2.35. The van der Waals surface area contributed by atoms with E-state index in [1.54, 1.807) is 0 Å². The molecule has 1 aliphatic heterocycles. The Balaban J connectivity index is 1.61. The fraction of sp³-hybridized carbons (Fsp3) is 0.350. The maximum absolute atomic E-state index is 12.3. The molecule has 2 aromatic rings. The number of hydrogen-bond acceptors (Lipinski definition) is 3. The molecule has 1 aliphatic rings. The molecule has 0 saturated heterocycles. The minimum atomic E-state index is -0.115. The van der Waals surface area contributed by atoms with Crippen molar-refractivity contribution in [2.75, 3.05) is 13.2 Å². The Hall–Kier alpha value is -2.49. The molecule has 3 rings (SSSR count). The minimum Gasteiger partial charge on any atom is -0.493 e. The molecule has 24 heavy (non-hydrogen) atoms. The van der Waals surface area contributed by atoms with Crippen molar-refractivity contribution in [3.63, 3.8) is 0 Å². The zero-order chi connectivity index (χ0) is 16.9. The zero-order valence-electron chi connectivity index (χ0n) is 14.1. The van der Waals surface area contributed by atoms with Crippen molar-refractivity contribution >= 4 is 5.91 Å². The van der Waals surface area contributed by atoms with Crippen LogP contribution in [0.15, 0.2) is 48.5 Å². The maximum atomic E-state index is 12.3. The molecule has 0 aliphatic carbocycles. The lowest BCUT2D eigenvalue weighted by molar-refractivity contribution is -0.124. The average molecular weight is 325 g/mol. The fourth-order valence-corrected chi connectivity index (χ4v) is 2.96. The van der Waals surface area contributed by atoms with Gasteiger partial charge in [0.1, 0.15) is 11.5 Å². The van der Waals surface area contributed by atoms with Gasteiger partial charge in [-0.2, -0.15) is 0 Å². The van der Waals surface area contributed by atoms with Crippen LogP contribution in [0.1, 0.15) is 43.4 Å². The topological polar surface area (TPSA) is 47.6 Å². The Kier molecular flexibility index (Phi) is 5.04. The predicted octanol–water partition coefficient (Wildman–Crippen LogP) is 3.83. The molecule has 0 aromatic heterocycles. The van der Waals surface area contributed by atoms with Gasteiger partial charge in [0, 0.05) is 12.0 Å². The van der Waals surface area contributed by atoms with Crippen LogP contribution in [0, 0.1) is 0 Å². The SMILES string of the molecule is CC(C)c1ccccc1OCC(=O)N[C@@H]1CCOc2ccccc21. The summed E-state index contributed by atoms with van der Waals surface area (Å²) in [7, 11) is 0. The van der Waals surface area contributed by atoms with Crippen LogP contribution < -0.4 is 14.8 Å². The van der Waals surface area contributed by atoms with Crippen LogP contribution in [-0.4, -0.2) is 19.1 Å². The number of nitrogens with one attached hydrogen (secondary N) is 1. The van der Waals surface area contributed by atoms with Crippen molar-refractivity contribution < 1.29 is 14.3 Å². The first-order valence-corrected chi connectivity index (χ1v) is 8.38. The smallest absolute Gasteiger partial charge is 0.258 e. The molecule has 0 bridgehead atoms. The second kappa shape index (κ2) is 7.39. The number of hydrogen-bond donors (Lipinski definition) is 1. The summed E-state index contributed by atoms with van der Waals surface area (Å²) in [6.07, 6.45) is 0.769. The molecule has 2 aromatic carbocycles. The Morgan fingerprint density at radius 1 is 1.21 bits per heavy atom. The molecule has 4 nitrogen and oxygen atoms in total. The Morgan fingerprint density at radius 2 is 1.96 bits per heavy atom. The predicted molar refractivity (Wildman–Crippen MR) is 93.5 cm³/mol. The van der Waals surface area contributed by atoms with Gasteiger partial charge in [-0.05, 0) is 23.6 Å². The molecule has 1 amide bonds. The quantitative estimate of drug-likeness (QED) is 0.909. The molecule has 1 heterocycles. The van der Waals surface area contributed by atoms with Crippen LogP contribution in [-0.2, 0) is 4.79 Å². The summed E-state index contributed by atoms with van der Waals surface area (Å²) >= 11 is 0. The summed E-state index contributed by atoms with van der Waals surface area (Å²) < 4.78 is 11.4. The standard InChI is InChI=1S/C20H23NO3/c1-14(2)15-7-3-5-9-18(15)24-13-20(22)21-17-11-12-23-19-10-6-4-8-16(17)19/h3-10,14,17H,11-13H2,1-2H3,(H,21,22)/t17-/m1/s1. The van der Waals surface area contributed by atoms with Crippen molar-refractivity contribution in [1.82, 2.24) is 5.32 Å². The van der Waals surface area contributed by atoms with E-state index >= 15 is 0 Å². The number of amides is 1. The molecular weight excluding hydrogens is 302 g/mol. The van der Waals surface area contributed by atoms with Gasteiger partial charge in [0.05, 0.1) is 12.6 Å². The highest BCUT2D eigenvalue weighted by Crippen LogP contribution is 2.31. The fourth-order valence-electron chi connectivity index (χ4n) is 2.96. The molecule has 1 N–H and O–H groups in total. The van der Waals surface area contributed by atoms with E-state index in [1.807, 2.05) is 48.5 Å². The van der Waals surface area contributed by atoms with E-state index in [9.17, 15) is 4.79 Å². The van der Waals surface area contributed by atoms with E-state index in [-0.39, 0.29) is 18.6 Å². The largest absolute Gasteiger partial charge is 0.493 e. The van der Waals surface area contributed by atoms with Gasteiger partial charge in [-0.15, -0.1) is 0 Å². The number of para-hydroxylation sites is 2. The van der Waals surface area contributed by atoms with Gasteiger partial charge in [-0.1, -0.05) is 50.2 Å². The van der Waals surface area contributed by atoms with E-state index in [4.69, 9.17) is 9.47 Å². The van der Waals surface area contributed by atoms with Crippen LogP contribution in [0.5, 0.6) is 11.5 Å². The summed E-state index contributed by atoms with van der Waals surface area (Å²) in [4.78, 5) is 12.3. The highest BCUT2D eigenvalue weighted by molar-refractivity contribution is 5.78. The second-order valence-electron chi connectivity index (χ2n) is 6.28. The van der Waals surface area contributed by atoms with Crippen LogP contribution in [0.4, 0.5) is 0 Å². The van der Waals surface area contributed by atoms with Crippen LogP contribution in [0.2, 0.25) is 0 Å². The number of benzene rings is 2. The van der Waals surface area contributed by atoms with Gasteiger partial charge in [0.15, 0.2) is 6.61 Å².